The molecule has 204 valence electrons. The fourth-order valence-electron chi connectivity index (χ4n) is 6.38. The van der Waals surface area contributed by atoms with Crippen molar-refractivity contribution >= 4 is 28.5 Å². The molecular formula is C31H37N5O3. The van der Waals surface area contributed by atoms with E-state index < -0.39 is 0 Å². The predicted molar refractivity (Wildman–Crippen MR) is 151 cm³/mol. The maximum absolute atomic E-state index is 13.4. The summed E-state index contributed by atoms with van der Waals surface area (Å²) >= 11 is 0. The molecule has 3 heterocycles. The minimum Gasteiger partial charge on any atom is -0.494 e. The Morgan fingerprint density at radius 2 is 1.90 bits per heavy atom. The van der Waals surface area contributed by atoms with Crippen molar-refractivity contribution in [2.45, 2.75) is 46.5 Å². The minimum atomic E-state index is -0.330. The van der Waals surface area contributed by atoms with E-state index in [1.165, 1.54) is 5.56 Å². The number of fused-ring (bicyclic) bond motifs is 3. The second kappa shape index (κ2) is 10.0. The fraction of sp³-hybridized carbons (Fsp3) is 0.484. The number of amides is 2. The molecule has 1 aliphatic carbocycles. The van der Waals surface area contributed by atoms with Crippen LogP contribution in [0.3, 0.4) is 0 Å². The lowest BCUT2D eigenvalue weighted by Gasteiger charge is -2.41. The lowest BCUT2D eigenvalue weighted by Crippen LogP contribution is -2.48. The molecule has 4 atom stereocenters. The Bertz CT molecular complexity index is 1460. The molecule has 8 nitrogen and oxygen atoms in total. The van der Waals surface area contributed by atoms with Crippen LogP contribution in [0.1, 0.15) is 67.9 Å². The normalized spacial score (nSPS) is 21.5. The zero-order valence-electron chi connectivity index (χ0n) is 23.6. The smallest absolute Gasteiger partial charge is 0.255 e. The van der Waals surface area contributed by atoms with E-state index in [1.54, 1.807) is 37.6 Å². The number of aryl methyl sites for hydroxylation is 1. The summed E-state index contributed by atoms with van der Waals surface area (Å²) in [6, 6.07) is 8.67. The number of likely N-dealkylation sites (tertiary alicyclic amines) is 1. The number of methoxy groups -OCH3 is 1. The Hall–Kier alpha value is -3.86. The maximum atomic E-state index is 13.4. The van der Waals surface area contributed by atoms with Gasteiger partial charge in [-0.25, -0.2) is 4.98 Å². The van der Waals surface area contributed by atoms with Crippen molar-refractivity contribution in [1.29, 1.82) is 5.26 Å². The molecule has 2 bridgehead atoms. The molecule has 1 aromatic carbocycles. The molecule has 5 rings (SSSR count). The number of aromatic nitrogens is 2. The van der Waals surface area contributed by atoms with E-state index in [-0.39, 0.29) is 29.1 Å². The Labute approximate surface area is 230 Å². The van der Waals surface area contributed by atoms with Crippen LogP contribution in [0.4, 0.5) is 5.69 Å². The van der Waals surface area contributed by atoms with Crippen LogP contribution in [0.25, 0.3) is 11.0 Å². The topological polar surface area (TPSA) is 100 Å². The second-order valence-corrected chi connectivity index (χ2v) is 12.2. The highest BCUT2D eigenvalue weighted by molar-refractivity contribution is 6.07. The molecule has 2 fully saturated rings. The summed E-state index contributed by atoms with van der Waals surface area (Å²) in [6.07, 6.45) is 5.94. The number of carbonyl (C=O) groups excluding carboxylic acids is 2. The molecule has 39 heavy (non-hydrogen) atoms. The zero-order chi connectivity index (χ0) is 28.1. The molecule has 1 saturated carbocycles. The molecular weight excluding hydrogens is 490 g/mol. The summed E-state index contributed by atoms with van der Waals surface area (Å²) in [5.41, 5.74) is 3.20. The number of hydrogen-bond donors (Lipinski definition) is 1. The third kappa shape index (κ3) is 4.75. The number of benzene rings is 1. The Morgan fingerprint density at radius 3 is 2.51 bits per heavy atom. The first kappa shape index (κ1) is 26.7. The summed E-state index contributed by atoms with van der Waals surface area (Å²) in [7, 11) is 3.59. The highest BCUT2D eigenvalue weighted by atomic mass is 16.5. The van der Waals surface area contributed by atoms with E-state index in [0.717, 1.165) is 37.0 Å². The number of carbonyl (C=O) groups is 2. The van der Waals surface area contributed by atoms with Gasteiger partial charge in [-0.1, -0.05) is 33.8 Å². The maximum Gasteiger partial charge on any atom is 0.255 e. The number of nitriles is 1. The first-order chi connectivity index (χ1) is 18.5. The number of ether oxygens (including phenoxy) is 1. The first-order valence-electron chi connectivity index (χ1n) is 13.7. The van der Waals surface area contributed by atoms with Crippen molar-refractivity contribution in [3.63, 3.8) is 0 Å². The van der Waals surface area contributed by atoms with E-state index in [4.69, 9.17) is 9.72 Å². The highest BCUT2D eigenvalue weighted by Crippen LogP contribution is 2.52. The van der Waals surface area contributed by atoms with E-state index in [2.05, 4.69) is 43.3 Å². The SMILES string of the molecule is COc1c(NC(=O)c2cccc(C#N)c2)cnc2c1c(C1[C@@H]3CC[C@H]1CN(C(=O)[C@H](C)C(C)(C)C)C3)cn2C. The van der Waals surface area contributed by atoms with E-state index >= 15 is 0 Å². The minimum absolute atomic E-state index is 0.0321. The number of piperidine rings is 1. The van der Waals surface area contributed by atoms with Gasteiger partial charge in [-0.2, -0.15) is 5.26 Å². The Morgan fingerprint density at radius 1 is 1.21 bits per heavy atom. The number of nitrogens with one attached hydrogen (secondary N) is 1. The molecule has 8 heteroatoms. The van der Waals surface area contributed by atoms with Crippen molar-refractivity contribution < 1.29 is 14.3 Å². The lowest BCUT2D eigenvalue weighted by molar-refractivity contribution is -0.140. The predicted octanol–water partition coefficient (Wildman–Crippen LogP) is 5.34. The molecule has 2 amide bonds. The molecule has 2 aliphatic rings. The average molecular weight is 528 g/mol. The van der Waals surface area contributed by atoms with Gasteiger partial charge in [0.2, 0.25) is 5.91 Å². The number of nitrogens with zero attached hydrogens (tertiary/aromatic N) is 4. The van der Waals surface area contributed by atoms with Crippen LogP contribution >= 0.6 is 0 Å². The van der Waals surface area contributed by atoms with Crippen LogP contribution in [0, 0.1) is 34.5 Å². The second-order valence-electron chi connectivity index (χ2n) is 12.2. The summed E-state index contributed by atoms with van der Waals surface area (Å²) in [5, 5.41) is 13.1. The van der Waals surface area contributed by atoms with Gasteiger partial charge in [0.1, 0.15) is 11.3 Å². The standard InChI is InChI=1S/C31H37N5O3/c1-18(31(2,3)4)30(38)36-15-21-10-11-22(16-36)25(21)23-17-35(5)28-26(23)27(39-6)24(14-33-28)34-29(37)20-9-7-8-19(12-20)13-32/h7-9,12,14,17-18,21-22,25H,10-11,15-16H2,1-6H3,(H,34,37)/t18-,21-,22+,25?/m0/s1. The van der Waals surface area contributed by atoms with Crippen molar-refractivity contribution in [2.24, 2.45) is 30.2 Å². The van der Waals surface area contributed by atoms with Gasteiger partial charge in [0.15, 0.2) is 5.75 Å². The van der Waals surface area contributed by atoms with Gasteiger partial charge in [-0.3, -0.25) is 9.59 Å². The monoisotopic (exact) mass is 527 g/mol. The Balaban J connectivity index is 1.48. The van der Waals surface area contributed by atoms with Crippen molar-refractivity contribution in [3.8, 4) is 11.8 Å². The molecule has 2 aromatic heterocycles. The largest absolute Gasteiger partial charge is 0.494 e. The zero-order valence-corrected chi connectivity index (χ0v) is 23.6. The lowest BCUT2D eigenvalue weighted by atomic mass is 9.77. The van der Waals surface area contributed by atoms with Gasteiger partial charge < -0.3 is 19.5 Å². The van der Waals surface area contributed by atoms with E-state index in [0.29, 0.717) is 34.4 Å². The van der Waals surface area contributed by atoms with Crippen LogP contribution in [-0.4, -0.2) is 46.5 Å². The van der Waals surface area contributed by atoms with Crippen LogP contribution in [0.2, 0.25) is 0 Å². The molecule has 1 saturated heterocycles. The number of pyridine rings is 1. The number of rotatable bonds is 5. The summed E-state index contributed by atoms with van der Waals surface area (Å²) in [5.74, 6) is 1.49. The number of anilines is 1. The van der Waals surface area contributed by atoms with Gasteiger partial charge in [0, 0.05) is 37.8 Å². The van der Waals surface area contributed by atoms with Crippen molar-refractivity contribution in [3.05, 3.63) is 53.3 Å². The third-order valence-electron chi connectivity index (χ3n) is 8.85. The Kier molecular flexibility index (Phi) is 6.88. The average Bonchev–Trinajstić information content (AvgIpc) is 3.38. The fourth-order valence-corrected chi connectivity index (χ4v) is 6.38. The van der Waals surface area contributed by atoms with Gasteiger partial charge in [0.05, 0.1) is 30.3 Å². The van der Waals surface area contributed by atoms with Crippen LogP contribution in [0.5, 0.6) is 5.75 Å². The molecule has 0 spiro atoms. The molecule has 1 unspecified atom stereocenters. The molecule has 1 N–H and O–H groups in total. The van der Waals surface area contributed by atoms with E-state index in [1.807, 2.05) is 18.5 Å². The van der Waals surface area contributed by atoms with Crippen LogP contribution in [0.15, 0.2) is 36.7 Å². The van der Waals surface area contributed by atoms with Gasteiger partial charge in [-0.05, 0) is 59.8 Å². The highest BCUT2D eigenvalue weighted by Gasteiger charge is 2.46. The quantitative estimate of drug-likeness (QED) is 0.483. The van der Waals surface area contributed by atoms with Crippen LogP contribution in [-0.2, 0) is 11.8 Å². The molecule has 0 radical (unpaired) electrons. The van der Waals surface area contributed by atoms with Gasteiger partial charge in [0.25, 0.3) is 5.91 Å². The van der Waals surface area contributed by atoms with Crippen molar-refractivity contribution in [2.75, 3.05) is 25.5 Å². The van der Waals surface area contributed by atoms with Gasteiger partial charge >= 0.3 is 0 Å². The third-order valence-corrected chi connectivity index (χ3v) is 8.85. The van der Waals surface area contributed by atoms with Crippen LogP contribution < -0.4 is 10.1 Å². The van der Waals surface area contributed by atoms with E-state index in [9.17, 15) is 14.9 Å². The molecule has 1 aliphatic heterocycles. The summed E-state index contributed by atoms with van der Waals surface area (Å²) < 4.78 is 7.94. The van der Waals surface area contributed by atoms with Crippen molar-refractivity contribution in [1.82, 2.24) is 14.5 Å². The molecule has 3 aromatic rings. The summed E-state index contributed by atoms with van der Waals surface area (Å²) in [6.45, 7) is 9.95. The number of hydrogen-bond acceptors (Lipinski definition) is 5. The summed E-state index contributed by atoms with van der Waals surface area (Å²) in [4.78, 5) is 33.2. The first-order valence-corrected chi connectivity index (χ1v) is 13.7. The van der Waals surface area contributed by atoms with Gasteiger partial charge in [-0.15, -0.1) is 0 Å².